The standard InChI is InChI=1S/C41H39N4O2/c1-5-44(6-2)33-20-22-37-39(26-33)47-40-24-30(35-9-7-8-10-36(35)41(40)42-37)23-34(46)21-17-31-25-38(29-15-11-27(3)12-16-29)45(43-31)32-18-13-28(4)14-19-32/h7-16,18-20,22,24-26H,5-6,17,21,23H2,1-4H3/q+1. The van der Waals surface area contributed by atoms with E-state index >= 15 is 0 Å². The highest BCUT2D eigenvalue weighted by atomic mass is 16.3. The number of ketones is 1. The van der Waals surface area contributed by atoms with Gasteiger partial charge >= 0.3 is 0 Å². The van der Waals surface area contributed by atoms with E-state index < -0.39 is 0 Å². The topological polar surface area (TPSA) is 63.9 Å². The van der Waals surface area contributed by atoms with Crippen molar-refractivity contribution < 1.29 is 9.21 Å². The maximum atomic E-state index is 13.6. The van der Waals surface area contributed by atoms with Gasteiger partial charge in [-0.25, -0.2) is 14.2 Å². The Bertz CT molecular complexity index is 2210. The van der Waals surface area contributed by atoms with Crippen molar-refractivity contribution in [3.8, 4) is 28.4 Å². The number of benzene rings is 5. The van der Waals surface area contributed by atoms with Gasteiger partial charge in [-0.05, 0) is 75.4 Å². The van der Waals surface area contributed by atoms with Crippen molar-refractivity contribution in [2.45, 2.75) is 47.0 Å². The first-order valence-electron chi connectivity index (χ1n) is 16.5. The molecule has 6 heteroatoms. The molecule has 0 atom stereocenters. The molecule has 5 aromatic rings. The molecule has 234 valence electrons. The summed E-state index contributed by atoms with van der Waals surface area (Å²) in [6.07, 6.45) is 1.27. The van der Waals surface area contributed by atoms with Gasteiger partial charge in [-0.1, -0.05) is 71.8 Å². The smallest absolute Gasteiger partial charge is 0.203 e. The lowest BCUT2D eigenvalue weighted by Gasteiger charge is -2.12. The second-order valence-electron chi connectivity index (χ2n) is 12.3. The third-order valence-electron chi connectivity index (χ3n) is 9.02. The van der Waals surface area contributed by atoms with Crippen molar-refractivity contribution in [3.05, 3.63) is 131 Å². The number of carbonyl (C=O) groups is 1. The van der Waals surface area contributed by atoms with Gasteiger partial charge < -0.3 is 4.42 Å². The molecule has 0 N–H and O–H groups in total. The third-order valence-corrected chi connectivity index (χ3v) is 9.02. The molecule has 47 heavy (non-hydrogen) atoms. The number of fused-ring (bicyclic) bond motifs is 4. The van der Waals surface area contributed by atoms with Crippen LogP contribution in [0.3, 0.4) is 0 Å². The van der Waals surface area contributed by atoms with Gasteiger partial charge in [0.25, 0.3) is 0 Å². The second-order valence-corrected chi connectivity index (χ2v) is 12.3. The van der Waals surface area contributed by atoms with Crippen LogP contribution in [-0.2, 0) is 17.6 Å². The van der Waals surface area contributed by atoms with Gasteiger partial charge in [-0.2, -0.15) is 5.10 Å². The molecule has 1 aromatic heterocycles. The lowest BCUT2D eigenvalue weighted by molar-refractivity contribution is -0.118. The Balaban J connectivity index is 1.19. The summed E-state index contributed by atoms with van der Waals surface area (Å²) in [5.74, 6) is 0.900. The van der Waals surface area contributed by atoms with Crippen LogP contribution >= 0.6 is 0 Å². The molecule has 0 amide bonds. The number of aryl methyl sites for hydroxylation is 3. The predicted octanol–water partition coefficient (Wildman–Crippen LogP) is 8.11. The van der Waals surface area contributed by atoms with Crippen molar-refractivity contribution in [3.63, 3.8) is 0 Å². The summed E-state index contributed by atoms with van der Waals surface area (Å²) in [6.45, 7) is 10.3. The highest BCUT2D eigenvalue weighted by molar-refractivity contribution is 6.06. The van der Waals surface area contributed by atoms with Crippen LogP contribution in [0.5, 0.6) is 0 Å². The monoisotopic (exact) mass is 619 g/mol. The summed E-state index contributed by atoms with van der Waals surface area (Å²) in [6, 6.07) is 35.4. The fourth-order valence-electron chi connectivity index (χ4n) is 6.38. The number of nitrogens with zero attached hydrogens (tertiary/aromatic N) is 4. The number of hydrogen-bond acceptors (Lipinski definition) is 4. The van der Waals surface area contributed by atoms with Crippen LogP contribution in [0.4, 0.5) is 0 Å². The van der Waals surface area contributed by atoms with Crippen LogP contribution in [0.25, 0.3) is 50.3 Å². The fourth-order valence-corrected chi connectivity index (χ4v) is 6.38. The molecule has 0 radical (unpaired) electrons. The first kappa shape index (κ1) is 30.3. The number of carbonyl (C=O) groups excluding carboxylic acids is 1. The van der Waals surface area contributed by atoms with Crippen LogP contribution in [0.15, 0.2) is 108 Å². The molecular formula is C41H39N4O2+. The summed E-state index contributed by atoms with van der Waals surface area (Å²) < 4.78 is 10.8. The molecule has 0 bridgehead atoms. The molecule has 7 rings (SSSR count). The molecule has 1 aliphatic heterocycles. The molecule has 0 saturated heterocycles. The van der Waals surface area contributed by atoms with Gasteiger partial charge in [-0.15, -0.1) is 0 Å². The molecule has 2 aliphatic rings. The Kier molecular flexibility index (Phi) is 8.25. The van der Waals surface area contributed by atoms with Crippen LogP contribution in [0.1, 0.15) is 42.7 Å². The average molecular weight is 620 g/mol. The van der Waals surface area contributed by atoms with Crippen molar-refractivity contribution in [2.75, 3.05) is 13.1 Å². The number of Topliss-reactive ketones (excluding diaryl/α,β-unsaturated/α-hetero) is 1. The lowest BCUT2D eigenvalue weighted by Crippen LogP contribution is -2.29. The Morgan fingerprint density at radius 3 is 2.23 bits per heavy atom. The predicted molar refractivity (Wildman–Crippen MR) is 190 cm³/mol. The Labute approximate surface area is 275 Å². The van der Waals surface area contributed by atoms with E-state index in [1.165, 1.54) is 11.1 Å². The normalized spacial score (nSPS) is 11.5. The quantitative estimate of drug-likeness (QED) is 0.0930. The van der Waals surface area contributed by atoms with Gasteiger partial charge in [0.15, 0.2) is 11.3 Å². The van der Waals surface area contributed by atoms with Crippen LogP contribution in [-0.4, -0.2) is 33.6 Å². The van der Waals surface area contributed by atoms with Gasteiger partial charge in [-0.3, -0.25) is 4.79 Å². The summed E-state index contributed by atoms with van der Waals surface area (Å²) in [7, 11) is 0. The van der Waals surface area contributed by atoms with Gasteiger partial charge in [0.1, 0.15) is 30.1 Å². The summed E-state index contributed by atoms with van der Waals surface area (Å²) in [5.41, 5.74) is 9.69. The Morgan fingerprint density at radius 1 is 0.809 bits per heavy atom. The molecule has 0 spiro atoms. The van der Waals surface area contributed by atoms with E-state index in [2.05, 4.69) is 111 Å². The van der Waals surface area contributed by atoms with Crippen molar-refractivity contribution in [1.29, 1.82) is 0 Å². The molecule has 0 fully saturated rings. The average Bonchev–Trinajstić information content (AvgIpc) is 3.52. The minimum Gasteiger partial charge on any atom is -0.453 e. The Hall–Kier alpha value is -5.36. The van der Waals surface area contributed by atoms with Crippen LogP contribution in [0, 0.1) is 13.8 Å². The summed E-state index contributed by atoms with van der Waals surface area (Å²) in [4.78, 5) is 18.6. The zero-order chi connectivity index (χ0) is 32.5. The summed E-state index contributed by atoms with van der Waals surface area (Å²) in [5, 5.41) is 8.11. The zero-order valence-corrected chi connectivity index (χ0v) is 27.5. The molecule has 1 aliphatic carbocycles. The summed E-state index contributed by atoms with van der Waals surface area (Å²) >= 11 is 0. The van der Waals surface area contributed by atoms with E-state index in [-0.39, 0.29) is 5.78 Å². The minimum atomic E-state index is 0.161. The van der Waals surface area contributed by atoms with Gasteiger partial charge in [0, 0.05) is 29.9 Å². The number of hydrogen-bond donors (Lipinski definition) is 0. The highest BCUT2D eigenvalue weighted by Crippen LogP contribution is 2.32. The first-order chi connectivity index (χ1) is 22.9. The molecule has 6 nitrogen and oxygen atoms in total. The van der Waals surface area contributed by atoms with Crippen molar-refractivity contribution in [2.24, 2.45) is 0 Å². The molecule has 2 heterocycles. The molecule has 0 unspecified atom stereocenters. The molecule has 4 aromatic carbocycles. The molecular weight excluding hydrogens is 580 g/mol. The van der Waals surface area contributed by atoms with Crippen molar-refractivity contribution >= 4 is 27.7 Å². The largest absolute Gasteiger partial charge is 0.453 e. The fraction of sp³-hybridized carbons (Fsp3) is 0.220. The molecule has 0 saturated carbocycles. The van der Waals surface area contributed by atoms with E-state index in [9.17, 15) is 4.79 Å². The van der Waals surface area contributed by atoms with E-state index in [0.717, 1.165) is 74.4 Å². The highest BCUT2D eigenvalue weighted by Gasteiger charge is 2.18. The van der Waals surface area contributed by atoms with E-state index in [1.807, 2.05) is 28.9 Å². The third kappa shape index (κ3) is 6.11. The maximum absolute atomic E-state index is 13.6. The second kappa shape index (κ2) is 12.8. The van der Waals surface area contributed by atoms with Gasteiger partial charge in [0.2, 0.25) is 5.36 Å². The Morgan fingerprint density at radius 2 is 1.51 bits per heavy atom. The first-order valence-corrected chi connectivity index (χ1v) is 16.5. The van der Waals surface area contributed by atoms with E-state index in [0.29, 0.717) is 24.8 Å². The van der Waals surface area contributed by atoms with Crippen LogP contribution < -0.4 is 9.93 Å². The number of aromatic nitrogens is 3. The zero-order valence-electron chi connectivity index (χ0n) is 27.5. The van der Waals surface area contributed by atoms with Gasteiger partial charge in [0.05, 0.1) is 23.1 Å². The van der Waals surface area contributed by atoms with Crippen molar-refractivity contribution in [1.82, 2.24) is 19.3 Å². The maximum Gasteiger partial charge on any atom is 0.203 e. The SMILES string of the molecule is CC[N+](CC)=c1ccc2nc3c(cc(CC(=O)CCc4cc(-c5ccc(C)cc5)n(-c5ccc(C)cc5)n4)c4ccccc43)oc-2c1. The number of rotatable bonds is 9. The van der Waals surface area contributed by atoms with Crippen LogP contribution in [0.2, 0.25) is 0 Å². The van der Waals surface area contributed by atoms with E-state index in [4.69, 9.17) is 14.5 Å². The van der Waals surface area contributed by atoms with E-state index in [1.54, 1.807) is 0 Å². The lowest BCUT2D eigenvalue weighted by atomic mass is 9.97. The minimum absolute atomic E-state index is 0.161.